The SMILES string of the molecule is CCOC(=O)Oc1ccc(C(=O)c2ccc3c(c2)c2cc(C)ccc2n3CC)cc1. The molecule has 0 fully saturated rings. The van der Waals surface area contributed by atoms with E-state index in [1.54, 1.807) is 31.2 Å². The van der Waals surface area contributed by atoms with Crippen molar-refractivity contribution in [1.29, 1.82) is 0 Å². The van der Waals surface area contributed by atoms with Gasteiger partial charge in [-0.15, -0.1) is 0 Å². The highest BCUT2D eigenvalue weighted by Gasteiger charge is 2.15. The lowest BCUT2D eigenvalue weighted by molar-refractivity contribution is 0.103. The molecule has 5 heteroatoms. The third-order valence-electron chi connectivity index (χ3n) is 5.18. The van der Waals surface area contributed by atoms with Gasteiger partial charge in [-0.1, -0.05) is 11.6 Å². The zero-order chi connectivity index (χ0) is 21.3. The van der Waals surface area contributed by atoms with Crippen molar-refractivity contribution in [3.05, 3.63) is 77.4 Å². The molecule has 5 nitrogen and oxygen atoms in total. The van der Waals surface area contributed by atoms with Crippen LogP contribution in [0.1, 0.15) is 35.3 Å². The summed E-state index contributed by atoms with van der Waals surface area (Å²) in [6, 6.07) is 18.8. The van der Waals surface area contributed by atoms with Crippen LogP contribution in [0.4, 0.5) is 4.79 Å². The van der Waals surface area contributed by atoms with Gasteiger partial charge >= 0.3 is 6.16 Å². The van der Waals surface area contributed by atoms with Crippen molar-refractivity contribution >= 4 is 33.7 Å². The Morgan fingerprint density at radius 3 is 2.13 bits per heavy atom. The number of ketones is 1. The van der Waals surface area contributed by atoms with Gasteiger partial charge in [-0.25, -0.2) is 4.79 Å². The molecule has 1 aromatic heterocycles. The van der Waals surface area contributed by atoms with Crippen LogP contribution in [-0.4, -0.2) is 23.1 Å². The van der Waals surface area contributed by atoms with Crippen LogP contribution in [0.15, 0.2) is 60.7 Å². The van der Waals surface area contributed by atoms with Crippen LogP contribution in [0.2, 0.25) is 0 Å². The summed E-state index contributed by atoms with van der Waals surface area (Å²) < 4.78 is 12.1. The molecule has 0 saturated carbocycles. The van der Waals surface area contributed by atoms with Crippen molar-refractivity contribution in [3.63, 3.8) is 0 Å². The molecule has 0 unspecified atom stereocenters. The molecule has 0 atom stereocenters. The van der Waals surface area contributed by atoms with Gasteiger partial charge in [0.25, 0.3) is 0 Å². The zero-order valence-corrected chi connectivity index (χ0v) is 17.3. The molecular weight excluding hydrogens is 378 g/mol. The van der Waals surface area contributed by atoms with Crippen LogP contribution in [0.5, 0.6) is 5.75 Å². The van der Waals surface area contributed by atoms with E-state index in [2.05, 4.69) is 36.6 Å². The Hall–Kier alpha value is -3.60. The van der Waals surface area contributed by atoms with Crippen molar-refractivity contribution in [2.45, 2.75) is 27.3 Å². The van der Waals surface area contributed by atoms with E-state index < -0.39 is 6.16 Å². The normalized spacial score (nSPS) is 11.0. The van der Waals surface area contributed by atoms with Crippen LogP contribution >= 0.6 is 0 Å². The first-order valence-corrected chi connectivity index (χ1v) is 10.0. The molecule has 3 aromatic carbocycles. The summed E-state index contributed by atoms with van der Waals surface area (Å²) in [5.41, 5.74) is 4.63. The molecule has 0 spiro atoms. The molecule has 0 saturated heterocycles. The molecule has 0 aliphatic carbocycles. The Labute approximate surface area is 174 Å². The van der Waals surface area contributed by atoms with Crippen LogP contribution in [0.3, 0.4) is 0 Å². The number of fused-ring (bicyclic) bond motifs is 3. The minimum atomic E-state index is -0.760. The summed E-state index contributed by atoms with van der Waals surface area (Å²) in [4.78, 5) is 24.5. The molecule has 0 aliphatic heterocycles. The van der Waals surface area contributed by atoms with Gasteiger partial charge in [0.15, 0.2) is 5.78 Å². The molecule has 4 rings (SSSR count). The molecular formula is C25H23NO4. The van der Waals surface area contributed by atoms with Crippen LogP contribution in [-0.2, 0) is 11.3 Å². The molecule has 0 amide bonds. The third kappa shape index (κ3) is 3.54. The van der Waals surface area contributed by atoms with Crippen molar-refractivity contribution in [2.24, 2.45) is 0 Å². The highest BCUT2D eigenvalue weighted by molar-refractivity contribution is 6.14. The molecule has 30 heavy (non-hydrogen) atoms. The molecule has 152 valence electrons. The van der Waals surface area contributed by atoms with Crippen LogP contribution in [0, 0.1) is 6.92 Å². The van der Waals surface area contributed by atoms with Gasteiger partial charge in [-0.2, -0.15) is 0 Å². The van der Waals surface area contributed by atoms with Crippen molar-refractivity contribution in [3.8, 4) is 5.75 Å². The van der Waals surface area contributed by atoms with Crippen molar-refractivity contribution in [1.82, 2.24) is 4.57 Å². The fourth-order valence-corrected chi connectivity index (χ4v) is 3.78. The van der Waals surface area contributed by atoms with Crippen molar-refractivity contribution < 1.29 is 19.1 Å². The van der Waals surface area contributed by atoms with E-state index in [0.29, 0.717) is 16.9 Å². The van der Waals surface area contributed by atoms with Crippen LogP contribution < -0.4 is 4.74 Å². The largest absolute Gasteiger partial charge is 0.513 e. The number of carbonyl (C=O) groups is 2. The Balaban J connectivity index is 1.69. The number of benzene rings is 3. The first-order valence-electron chi connectivity index (χ1n) is 10.0. The van der Waals surface area contributed by atoms with Gasteiger partial charge in [-0.05, 0) is 75.4 Å². The van der Waals surface area contributed by atoms with Gasteiger partial charge in [0.1, 0.15) is 5.75 Å². The monoisotopic (exact) mass is 401 g/mol. The second-order valence-corrected chi connectivity index (χ2v) is 7.14. The summed E-state index contributed by atoms with van der Waals surface area (Å²) in [6.07, 6.45) is -0.760. The predicted molar refractivity (Wildman–Crippen MR) is 117 cm³/mol. The number of carbonyl (C=O) groups excluding carboxylic acids is 2. The Bertz CT molecular complexity index is 1250. The summed E-state index contributed by atoms with van der Waals surface area (Å²) >= 11 is 0. The molecule has 0 N–H and O–H groups in total. The minimum absolute atomic E-state index is 0.0790. The number of ether oxygens (including phenoxy) is 2. The third-order valence-corrected chi connectivity index (χ3v) is 5.18. The van der Waals surface area contributed by atoms with Gasteiger partial charge in [0.2, 0.25) is 0 Å². The van der Waals surface area contributed by atoms with E-state index in [4.69, 9.17) is 9.47 Å². The second kappa shape index (κ2) is 8.03. The summed E-state index contributed by atoms with van der Waals surface area (Å²) in [6.45, 7) is 7.00. The fraction of sp³-hybridized carbons (Fsp3) is 0.200. The zero-order valence-electron chi connectivity index (χ0n) is 17.3. The Kier molecular flexibility index (Phi) is 5.27. The van der Waals surface area contributed by atoms with Gasteiger partial charge in [0.05, 0.1) is 6.61 Å². The Morgan fingerprint density at radius 2 is 1.47 bits per heavy atom. The maximum Gasteiger partial charge on any atom is 0.513 e. The van der Waals surface area contributed by atoms with Crippen molar-refractivity contribution in [2.75, 3.05) is 6.61 Å². The number of nitrogens with zero attached hydrogens (tertiary/aromatic N) is 1. The lowest BCUT2D eigenvalue weighted by Crippen LogP contribution is -2.10. The molecule has 0 radical (unpaired) electrons. The van der Waals surface area contributed by atoms with E-state index in [9.17, 15) is 9.59 Å². The number of aromatic nitrogens is 1. The number of aryl methyl sites for hydroxylation is 2. The number of hydrogen-bond acceptors (Lipinski definition) is 4. The highest BCUT2D eigenvalue weighted by Crippen LogP contribution is 2.31. The predicted octanol–water partition coefficient (Wildman–Crippen LogP) is 5.89. The summed E-state index contributed by atoms with van der Waals surface area (Å²) in [5, 5.41) is 2.23. The van der Waals surface area contributed by atoms with E-state index >= 15 is 0 Å². The van der Waals surface area contributed by atoms with Gasteiger partial charge in [-0.3, -0.25) is 4.79 Å². The number of hydrogen-bond donors (Lipinski definition) is 0. The molecule has 4 aromatic rings. The average molecular weight is 401 g/mol. The van der Waals surface area contributed by atoms with E-state index in [1.165, 1.54) is 11.1 Å². The maximum absolute atomic E-state index is 13.1. The quantitative estimate of drug-likeness (QED) is 0.238. The fourth-order valence-electron chi connectivity index (χ4n) is 3.78. The Morgan fingerprint density at radius 1 is 0.833 bits per heavy atom. The molecule has 1 heterocycles. The van der Waals surface area contributed by atoms with Gasteiger partial charge in [0, 0.05) is 39.5 Å². The maximum atomic E-state index is 13.1. The standard InChI is InChI=1S/C25H23NO4/c1-4-26-22-12-6-16(3)14-20(22)21-15-18(9-13-23(21)26)24(27)17-7-10-19(11-8-17)30-25(28)29-5-2/h6-15H,4-5H2,1-3H3. The first-order chi connectivity index (χ1) is 14.5. The van der Waals surface area contributed by atoms with E-state index in [0.717, 1.165) is 22.8 Å². The second-order valence-electron chi connectivity index (χ2n) is 7.14. The molecule has 0 bridgehead atoms. The number of rotatable bonds is 5. The van der Waals surface area contributed by atoms with Crippen LogP contribution in [0.25, 0.3) is 21.8 Å². The van der Waals surface area contributed by atoms with Gasteiger partial charge < -0.3 is 14.0 Å². The minimum Gasteiger partial charge on any atom is -0.434 e. The lowest BCUT2D eigenvalue weighted by atomic mass is 10.0. The van der Waals surface area contributed by atoms with E-state index in [-0.39, 0.29) is 12.4 Å². The summed E-state index contributed by atoms with van der Waals surface area (Å²) in [5.74, 6) is 0.256. The van der Waals surface area contributed by atoms with E-state index in [1.807, 2.05) is 18.2 Å². The smallest absolute Gasteiger partial charge is 0.434 e. The summed E-state index contributed by atoms with van der Waals surface area (Å²) in [7, 11) is 0. The first kappa shape index (κ1) is 19.7. The average Bonchev–Trinajstić information content (AvgIpc) is 3.06. The molecule has 0 aliphatic rings. The topological polar surface area (TPSA) is 57.5 Å². The lowest BCUT2D eigenvalue weighted by Gasteiger charge is -2.06. The highest BCUT2D eigenvalue weighted by atomic mass is 16.7.